The molecule has 0 saturated carbocycles. The van der Waals surface area contributed by atoms with E-state index in [2.05, 4.69) is 13.8 Å². The minimum atomic E-state index is -0.892. The molecule has 0 fully saturated rings. The number of carboxylic acids is 1. The van der Waals surface area contributed by atoms with Gasteiger partial charge in [-0.2, -0.15) is 0 Å². The van der Waals surface area contributed by atoms with Gasteiger partial charge in [-0.25, -0.2) is 9.78 Å². The third kappa shape index (κ3) is 2.24. The summed E-state index contributed by atoms with van der Waals surface area (Å²) in [6.45, 7) is 4.50. The first-order valence-corrected chi connectivity index (χ1v) is 7.63. The van der Waals surface area contributed by atoms with Crippen LogP contribution in [0, 0.1) is 0 Å². The van der Waals surface area contributed by atoms with Gasteiger partial charge in [0.25, 0.3) is 0 Å². The van der Waals surface area contributed by atoms with Gasteiger partial charge in [0.15, 0.2) is 0 Å². The minimum absolute atomic E-state index is 0.156. The molecule has 1 aromatic carbocycles. The van der Waals surface area contributed by atoms with Gasteiger partial charge in [-0.15, -0.1) is 11.3 Å². The van der Waals surface area contributed by atoms with Gasteiger partial charge in [0, 0.05) is 15.9 Å². The Hall–Kier alpha value is -1.68. The lowest BCUT2D eigenvalue weighted by atomic mass is 9.79. The van der Waals surface area contributed by atoms with Crippen LogP contribution in [0.3, 0.4) is 0 Å². The molecule has 1 heterocycles. The monoisotopic (exact) mass is 287 g/mol. The molecule has 0 amide bonds. The Bertz CT molecular complexity index is 656. The fourth-order valence-corrected chi connectivity index (χ4v) is 4.03. The largest absolute Gasteiger partial charge is 0.478 e. The van der Waals surface area contributed by atoms with Crippen LogP contribution in [-0.4, -0.2) is 16.1 Å². The van der Waals surface area contributed by atoms with E-state index in [0.29, 0.717) is 5.56 Å². The third-order valence-corrected chi connectivity index (χ3v) is 5.09. The van der Waals surface area contributed by atoms with Gasteiger partial charge in [0.1, 0.15) is 5.01 Å². The fourth-order valence-electron chi connectivity index (χ4n) is 2.74. The maximum Gasteiger partial charge on any atom is 0.335 e. The van der Waals surface area contributed by atoms with Crippen molar-refractivity contribution >= 4 is 17.3 Å². The topological polar surface area (TPSA) is 50.2 Å². The van der Waals surface area contributed by atoms with Crippen molar-refractivity contribution in [1.29, 1.82) is 0 Å². The molecule has 1 aliphatic carbocycles. The molecule has 0 saturated heterocycles. The lowest BCUT2D eigenvalue weighted by Gasteiger charge is -2.28. The number of thiazole rings is 1. The summed E-state index contributed by atoms with van der Waals surface area (Å²) in [5.74, 6) is -0.892. The summed E-state index contributed by atoms with van der Waals surface area (Å²) >= 11 is 1.75. The number of nitrogens with zero attached hydrogens (tertiary/aromatic N) is 1. The summed E-state index contributed by atoms with van der Waals surface area (Å²) in [7, 11) is 0. The quantitative estimate of drug-likeness (QED) is 0.903. The molecule has 1 aliphatic rings. The van der Waals surface area contributed by atoms with Gasteiger partial charge in [0.2, 0.25) is 0 Å². The summed E-state index contributed by atoms with van der Waals surface area (Å²) in [4.78, 5) is 17.1. The molecule has 4 heteroatoms. The lowest BCUT2D eigenvalue weighted by molar-refractivity contribution is 0.0697. The first-order valence-electron chi connectivity index (χ1n) is 6.81. The van der Waals surface area contributed by atoms with E-state index in [4.69, 9.17) is 10.1 Å². The number of benzene rings is 1. The van der Waals surface area contributed by atoms with E-state index >= 15 is 0 Å². The van der Waals surface area contributed by atoms with Crippen molar-refractivity contribution in [2.45, 2.75) is 38.5 Å². The van der Waals surface area contributed by atoms with Crippen molar-refractivity contribution in [2.24, 2.45) is 0 Å². The van der Waals surface area contributed by atoms with Crippen LogP contribution >= 0.6 is 11.3 Å². The van der Waals surface area contributed by atoms with Gasteiger partial charge in [-0.3, -0.25) is 0 Å². The summed E-state index contributed by atoms with van der Waals surface area (Å²) in [5.41, 5.74) is 2.70. The minimum Gasteiger partial charge on any atom is -0.478 e. The molecule has 3 rings (SSSR count). The van der Waals surface area contributed by atoms with Gasteiger partial charge >= 0.3 is 5.97 Å². The average molecular weight is 287 g/mol. The Labute approximate surface area is 122 Å². The van der Waals surface area contributed by atoms with Crippen LogP contribution in [0.1, 0.15) is 47.6 Å². The summed E-state index contributed by atoms with van der Waals surface area (Å²) in [6, 6.07) is 6.98. The van der Waals surface area contributed by atoms with Crippen LogP contribution in [0.25, 0.3) is 10.6 Å². The Morgan fingerprint density at radius 2 is 2.00 bits per heavy atom. The van der Waals surface area contributed by atoms with Gasteiger partial charge < -0.3 is 5.11 Å². The summed E-state index contributed by atoms with van der Waals surface area (Å²) in [5, 5.41) is 9.94. The highest BCUT2D eigenvalue weighted by molar-refractivity contribution is 7.15. The van der Waals surface area contributed by atoms with Crippen LogP contribution < -0.4 is 0 Å². The van der Waals surface area contributed by atoms with Crippen molar-refractivity contribution < 1.29 is 9.90 Å². The van der Waals surface area contributed by atoms with Gasteiger partial charge in [-0.05, 0) is 31.4 Å². The molecule has 0 radical (unpaired) electrons. The number of carboxylic acid groups (broad SMARTS) is 1. The number of hydrogen-bond donors (Lipinski definition) is 1. The number of fused-ring (bicyclic) bond motifs is 1. The smallest absolute Gasteiger partial charge is 0.335 e. The fraction of sp³-hybridized carbons (Fsp3) is 0.375. The van der Waals surface area contributed by atoms with E-state index in [1.54, 1.807) is 23.5 Å². The van der Waals surface area contributed by atoms with E-state index in [1.807, 2.05) is 12.1 Å². The highest BCUT2D eigenvalue weighted by Crippen LogP contribution is 2.41. The molecule has 0 aliphatic heterocycles. The predicted octanol–water partition coefficient (Wildman–Crippen LogP) is 4.12. The SMILES string of the molecule is CC1(C)CCCc2sc(-c3ccc(C(=O)O)cc3)nc21. The summed E-state index contributed by atoms with van der Waals surface area (Å²) < 4.78 is 0. The highest BCUT2D eigenvalue weighted by atomic mass is 32.1. The van der Waals surface area contributed by atoms with Crippen molar-refractivity contribution in [2.75, 3.05) is 0 Å². The lowest BCUT2D eigenvalue weighted by Crippen LogP contribution is -2.23. The van der Waals surface area contributed by atoms with E-state index in [0.717, 1.165) is 17.0 Å². The first-order chi connectivity index (χ1) is 9.47. The maximum atomic E-state index is 10.9. The number of rotatable bonds is 2. The number of aromatic carboxylic acids is 1. The van der Waals surface area contributed by atoms with E-state index in [-0.39, 0.29) is 5.41 Å². The number of carbonyl (C=O) groups is 1. The average Bonchev–Trinajstić information content (AvgIpc) is 2.84. The predicted molar refractivity (Wildman–Crippen MR) is 80.5 cm³/mol. The van der Waals surface area contributed by atoms with Crippen molar-refractivity contribution in [3.63, 3.8) is 0 Å². The van der Waals surface area contributed by atoms with Crippen LogP contribution in [0.4, 0.5) is 0 Å². The Morgan fingerprint density at radius 1 is 1.30 bits per heavy atom. The third-order valence-electron chi connectivity index (χ3n) is 3.92. The standard InChI is InChI=1S/C16H17NO2S/c1-16(2)9-3-4-12-13(16)17-14(20-12)10-5-7-11(8-6-10)15(18)19/h5-8H,3-4,9H2,1-2H3,(H,18,19). The number of aromatic nitrogens is 1. The second-order valence-electron chi connectivity index (χ2n) is 5.91. The maximum absolute atomic E-state index is 10.9. The second-order valence-corrected chi connectivity index (χ2v) is 6.99. The highest BCUT2D eigenvalue weighted by Gasteiger charge is 2.31. The molecule has 1 N–H and O–H groups in total. The van der Waals surface area contributed by atoms with Crippen LogP contribution in [0.5, 0.6) is 0 Å². The molecule has 0 atom stereocenters. The van der Waals surface area contributed by atoms with Crippen LogP contribution in [0.15, 0.2) is 24.3 Å². The van der Waals surface area contributed by atoms with Gasteiger partial charge in [0.05, 0.1) is 11.3 Å². The molecule has 0 unspecified atom stereocenters. The molecule has 3 nitrogen and oxygen atoms in total. The molecule has 20 heavy (non-hydrogen) atoms. The Kier molecular flexibility index (Phi) is 3.13. The van der Waals surface area contributed by atoms with Crippen molar-refractivity contribution in [3.05, 3.63) is 40.4 Å². The molecule has 0 spiro atoms. The molecule has 2 aromatic rings. The first kappa shape index (κ1) is 13.3. The number of aryl methyl sites for hydroxylation is 1. The van der Waals surface area contributed by atoms with E-state index in [1.165, 1.54) is 23.4 Å². The number of hydrogen-bond acceptors (Lipinski definition) is 3. The molecular weight excluding hydrogens is 270 g/mol. The molecule has 104 valence electrons. The molecule has 0 bridgehead atoms. The zero-order chi connectivity index (χ0) is 14.3. The summed E-state index contributed by atoms with van der Waals surface area (Å²) in [6.07, 6.45) is 3.52. The Morgan fingerprint density at radius 3 is 2.60 bits per heavy atom. The molecule has 1 aromatic heterocycles. The zero-order valence-electron chi connectivity index (χ0n) is 11.6. The van der Waals surface area contributed by atoms with Crippen molar-refractivity contribution in [3.8, 4) is 10.6 Å². The van der Waals surface area contributed by atoms with Gasteiger partial charge in [-0.1, -0.05) is 26.0 Å². The van der Waals surface area contributed by atoms with Crippen LogP contribution in [0.2, 0.25) is 0 Å². The normalized spacial score (nSPS) is 16.7. The second kappa shape index (κ2) is 4.70. The van der Waals surface area contributed by atoms with Crippen LogP contribution in [-0.2, 0) is 11.8 Å². The zero-order valence-corrected chi connectivity index (χ0v) is 12.5. The van der Waals surface area contributed by atoms with E-state index < -0.39 is 5.97 Å². The Balaban J connectivity index is 1.99. The molecular formula is C16H17NO2S. The van der Waals surface area contributed by atoms with E-state index in [9.17, 15) is 4.79 Å². The van der Waals surface area contributed by atoms with Crippen molar-refractivity contribution in [1.82, 2.24) is 4.98 Å².